The average Bonchev–Trinajstić information content (AvgIpc) is 3.15. The van der Waals surface area contributed by atoms with Gasteiger partial charge in [-0.25, -0.2) is 14.6 Å². The fourth-order valence-corrected chi connectivity index (χ4v) is 4.70. The van der Waals surface area contributed by atoms with Crippen molar-refractivity contribution in [2.45, 2.75) is 18.2 Å². The maximum Gasteiger partial charge on any atom is 0.348 e. The number of esters is 2. The average molecular weight is 401 g/mol. The first-order valence-corrected chi connectivity index (χ1v) is 9.70. The Balaban J connectivity index is 2.17. The van der Waals surface area contributed by atoms with Crippen molar-refractivity contribution in [1.29, 1.82) is 0 Å². The van der Waals surface area contributed by atoms with Gasteiger partial charge in [0.15, 0.2) is 4.34 Å². The van der Waals surface area contributed by atoms with Gasteiger partial charge in [-0.1, -0.05) is 11.8 Å². The highest BCUT2D eigenvalue weighted by Gasteiger charge is 2.26. The van der Waals surface area contributed by atoms with Gasteiger partial charge >= 0.3 is 11.9 Å². The number of carbonyl (C=O) groups is 3. The SMILES string of the molecule is COC(=O)c1sc(NC(=O)CSc2nc(C)cs2)c(C(=O)OC)c1C. The number of thioether (sulfide) groups is 1. The van der Waals surface area contributed by atoms with Crippen LogP contribution < -0.4 is 5.32 Å². The predicted molar refractivity (Wildman–Crippen MR) is 97.9 cm³/mol. The Labute approximate surface area is 156 Å². The van der Waals surface area contributed by atoms with E-state index in [1.165, 1.54) is 37.3 Å². The Bertz CT molecular complexity index is 812. The molecule has 0 aliphatic rings. The van der Waals surface area contributed by atoms with Crippen molar-refractivity contribution in [3.63, 3.8) is 0 Å². The van der Waals surface area contributed by atoms with Gasteiger partial charge in [-0.2, -0.15) is 0 Å². The van der Waals surface area contributed by atoms with Crippen molar-refractivity contribution < 1.29 is 23.9 Å². The molecule has 0 aliphatic carbocycles. The van der Waals surface area contributed by atoms with Gasteiger partial charge in [0.1, 0.15) is 9.88 Å². The molecule has 0 saturated heterocycles. The second kappa shape index (κ2) is 8.45. The largest absolute Gasteiger partial charge is 0.465 e. The van der Waals surface area contributed by atoms with Gasteiger partial charge in [-0.3, -0.25) is 4.79 Å². The number of hydrogen-bond acceptors (Lipinski definition) is 9. The summed E-state index contributed by atoms with van der Waals surface area (Å²) in [7, 11) is 2.49. The number of thiophene rings is 1. The first-order chi connectivity index (χ1) is 11.9. The second-order valence-corrected chi connectivity index (χ2v) is 7.94. The van der Waals surface area contributed by atoms with Crippen LogP contribution in [0.25, 0.3) is 0 Å². The zero-order valence-electron chi connectivity index (χ0n) is 14.0. The molecule has 25 heavy (non-hydrogen) atoms. The zero-order valence-corrected chi connectivity index (χ0v) is 16.4. The van der Waals surface area contributed by atoms with E-state index in [1.807, 2.05) is 12.3 Å². The second-order valence-electron chi connectivity index (χ2n) is 4.84. The molecule has 0 aromatic carbocycles. The minimum Gasteiger partial charge on any atom is -0.465 e. The Morgan fingerprint density at radius 3 is 2.44 bits per heavy atom. The number of amides is 1. The number of thiazole rings is 1. The molecule has 1 N–H and O–H groups in total. The van der Waals surface area contributed by atoms with E-state index < -0.39 is 11.9 Å². The molecule has 0 radical (unpaired) electrons. The molecule has 2 aromatic heterocycles. The summed E-state index contributed by atoms with van der Waals surface area (Å²) in [6.45, 7) is 3.49. The van der Waals surface area contributed by atoms with Crippen LogP contribution >= 0.6 is 34.4 Å². The van der Waals surface area contributed by atoms with Gasteiger partial charge < -0.3 is 14.8 Å². The molecule has 2 rings (SSSR count). The van der Waals surface area contributed by atoms with E-state index in [4.69, 9.17) is 9.47 Å². The number of aromatic nitrogens is 1. The number of ether oxygens (including phenoxy) is 2. The molecule has 0 spiro atoms. The third-order valence-electron chi connectivity index (χ3n) is 3.08. The van der Waals surface area contributed by atoms with Gasteiger partial charge in [-0.15, -0.1) is 22.7 Å². The molecule has 134 valence electrons. The smallest absolute Gasteiger partial charge is 0.348 e. The number of aryl methyl sites for hydroxylation is 1. The lowest BCUT2D eigenvalue weighted by atomic mass is 10.1. The molecule has 2 aromatic rings. The summed E-state index contributed by atoms with van der Waals surface area (Å²) in [4.78, 5) is 40.6. The Morgan fingerprint density at radius 2 is 1.88 bits per heavy atom. The number of carbonyl (C=O) groups excluding carboxylic acids is 3. The van der Waals surface area contributed by atoms with Crippen LogP contribution in [0.4, 0.5) is 5.00 Å². The van der Waals surface area contributed by atoms with Gasteiger partial charge in [0.25, 0.3) is 0 Å². The van der Waals surface area contributed by atoms with Gasteiger partial charge in [0.05, 0.1) is 25.5 Å². The maximum atomic E-state index is 12.2. The summed E-state index contributed by atoms with van der Waals surface area (Å²) < 4.78 is 10.2. The molecule has 0 fully saturated rings. The van der Waals surface area contributed by atoms with Crippen molar-refractivity contribution >= 4 is 57.3 Å². The minimum atomic E-state index is -0.623. The Morgan fingerprint density at radius 1 is 1.20 bits per heavy atom. The minimum absolute atomic E-state index is 0.137. The molecule has 10 heteroatoms. The third kappa shape index (κ3) is 4.59. The van der Waals surface area contributed by atoms with Gasteiger partial charge in [0, 0.05) is 11.1 Å². The summed E-state index contributed by atoms with van der Waals surface area (Å²) in [6.07, 6.45) is 0. The molecule has 0 atom stereocenters. The van der Waals surface area contributed by atoms with E-state index in [0.717, 1.165) is 21.4 Å². The summed E-state index contributed by atoms with van der Waals surface area (Å²) in [5, 5.41) is 4.84. The Kier molecular flexibility index (Phi) is 6.57. The van der Waals surface area contributed by atoms with Gasteiger partial charge in [0.2, 0.25) is 5.91 Å². The van der Waals surface area contributed by atoms with Gasteiger partial charge in [-0.05, 0) is 19.4 Å². The van der Waals surface area contributed by atoms with Crippen molar-refractivity contribution in [3.05, 3.63) is 27.1 Å². The van der Waals surface area contributed by atoms with E-state index in [1.54, 1.807) is 6.92 Å². The molecular weight excluding hydrogens is 384 g/mol. The van der Waals surface area contributed by atoms with Crippen LogP contribution in [0.2, 0.25) is 0 Å². The van der Waals surface area contributed by atoms with Crippen molar-refractivity contribution in [2.24, 2.45) is 0 Å². The highest BCUT2D eigenvalue weighted by molar-refractivity contribution is 8.01. The molecule has 0 unspecified atom stereocenters. The van der Waals surface area contributed by atoms with Crippen LogP contribution in [0, 0.1) is 13.8 Å². The summed E-state index contributed by atoms with van der Waals surface area (Å²) in [5.41, 5.74) is 1.48. The number of hydrogen-bond donors (Lipinski definition) is 1. The van der Waals surface area contributed by atoms with E-state index in [9.17, 15) is 14.4 Å². The number of methoxy groups -OCH3 is 2. The lowest BCUT2D eigenvalue weighted by Crippen LogP contribution is -2.16. The fraction of sp³-hybridized carbons (Fsp3) is 0.333. The van der Waals surface area contributed by atoms with E-state index in [2.05, 4.69) is 10.3 Å². The molecule has 0 aliphatic heterocycles. The maximum absolute atomic E-state index is 12.2. The standard InChI is InChI=1S/C15H16N2O5S3/c1-7-5-23-15(16-7)24-6-9(18)17-12-10(13(19)21-3)8(2)11(25-12)14(20)22-4/h5H,6H2,1-4H3,(H,17,18). The van der Waals surface area contributed by atoms with Crippen molar-refractivity contribution in [2.75, 3.05) is 25.3 Å². The first kappa shape index (κ1) is 19.4. The summed E-state index contributed by atoms with van der Waals surface area (Å²) in [5.74, 6) is -1.36. The quantitative estimate of drug-likeness (QED) is 0.588. The highest BCUT2D eigenvalue weighted by atomic mass is 32.2. The van der Waals surface area contributed by atoms with E-state index in [-0.39, 0.29) is 27.1 Å². The van der Waals surface area contributed by atoms with Crippen LogP contribution in [0.1, 0.15) is 31.3 Å². The van der Waals surface area contributed by atoms with Crippen LogP contribution in [-0.2, 0) is 14.3 Å². The van der Waals surface area contributed by atoms with Crippen LogP contribution in [-0.4, -0.2) is 42.8 Å². The lowest BCUT2D eigenvalue weighted by molar-refractivity contribution is -0.113. The highest BCUT2D eigenvalue weighted by Crippen LogP contribution is 2.34. The number of rotatable bonds is 6. The number of anilines is 1. The molecule has 7 nitrogen and oxygen atoms in total. The fourth-order valence-electron chi connectivity index (χ4n) is 1.93. The van der Waals surface area contributed by atoms with Crippen LogP contribution in [0.3, 0.4) is 0 Å². The third-order valence-corrected chi connectivity index (χ3v) is 6.41. The van der Waals surface area contributed by atoms with E-state index in [0.29, 0.717) is 5.56 Å². The van der Waals surface area contributed by atoms with Crippen LogP contribution in [0.5, 0.6) is 0 Å². The summed E-state index contributed by atoms with van der Waals surface area (Å²) >= 11 is 3.75. The molecule has 2 heterocycles. The lowest BCUT2D eigenvalue weighted by Gasteiger charge is -2.05. The van der Waals surface area contributed by atoms with E-state index >= 15 is 0 Å². The molecule has 1 amide bonds. The molecule has 0 bridgehead atoms. The van der Waals surface area contributed by atoms with Crippen molar-refractivity contribution in [1.82, 2.24) is 4.98 Å². The normalized spacial score (nSPS) is 10.4. The topological polar surface area (TPSA) is 94.6 Å². The monoisotopic (exact) mass is 400 g/mol. The number of nitrogens with one attached hydrogen (secondary N) is 1. The predicted octanol–water partition coefficient (Wildman–Crippen LogP) is 3.13. The summed E-state index contributed by atoms with van der Waals surface area (Å²) in [6, 6.07) is 0. The molecule has 0 saturated carbocycles. The number of nitrogens with zero attached hydrogens (tertiary/aromatic N) is 1. The molecular formula is C15H16N2O5S3. The zero-order chi connectivity index (χ0) is 18.6. The van der Waals surface area contributed by atoms with Crippen LogP contribution in [0.15, 0.2) is 9.72 Å². The Hall–Kier alpha value is -1.91. The van der Waals surface area contributed by atoms with Crippen molar-refractivity contribution in [3.8, 4) is 0 Å². The first-order valence-electron chi connectivity index (χ1n) is 7.02.